The first-order valence-corrected chi connectivity index (χ1v) is 12.3. The van der Waals surface area contributed by atoms with Crippen LogP contribution in [0.15, 0.2) is 12.3 Å². The third-order valence-corrected chi connectivity index (χ3v) is 5.95. The second-order valence-corrected chi connectivity index (χ2v) is 13.5. The van der Waals surface area contributed by atoms with Crippen molar-refractivity contribution in [1.29, 1.82) is 0 Å². The first-order chi connectivity index (χ1) is 10.9. The quantitative estimate of drug-likeness (QED) is 0.439. The molecule has 5 nitrogen and oxygen atoms in total. The lowest BCUT2D eigenvalue weighted by atomic mass is 10.3. The van der Waals surface area contributed by atoms with Crippen molar-refractivity contribution in [3.05, 3.63) is 17.5 Å². The summed E-state index contributed by atoms with van der Waals surface area (Å²) in [6.07, 6.45) is 4.61. The molecule has 0 spiro atoms. The summed E-state index contributed by atoms with van der Waals surface area (Å²) in [7, 11) is -1.06. The molecular weight excluding hydrogens is 328 g/mol. The van der Waals surface area contributed by atoms with Gasteiger partial charge >= 0.3 is 0 Å². The zero-order valence-corrected chi connectivity index (χ0v) is 15.9. The van der Waals surface area contributed by atoms with E-state index < -0.39 is 8.07 Å². The van der Waals surface area contributed by atoms with Crippen molar-refractivity contribution in [2.24, 2.45) is 5.92 Å². The van der Waals surface area contributed by atoms with Crippen LogP contribution in [0.2, 0.25) is 31.0 Å². The number of rotatable bonds is 8. The van der Waals surface area contributed by atoms with Crippen LogP contribution in [-0.2, 0) is 11.5 Å². The summed E-state index contributed by atoms with van der Waals surface area (Å²) < 4.78 is 7.82. The van der Waals surface area contributed by atoms with Crippen molar-refractivity contribution in [1.82, 2.24) is 14.5 Å². The molecule has 2 heterocycles. The van der Waals surface area contributed by atoms with Crippen LogP contribution in [0.25, 0.3) is 11.0 Å². The highest BCUT2D eigenvalue weighted by Gasteiger charge is 2.21. The SMILES string of the molecule is C[Si](C)(C)CCOCn1ccc2c(NCC3CC3)nc(Cl)nc21. The third-order valence-electron chi connectivity index (χ3n) is 4.07. The summed E-state index contributed by atoms with van der Waals surface area (Å²) in [5, 5.41) is 4.69. The Labute approximate surface area is 143 Å². The van der Waals surface area contributed by atoms with Gasteiger partial charge in [-0.3, -0.25) is 0 Å². The summed E-state index contributed by atoms with van der Waals surface area (Å²) in [6.45, 7) is 9.31. The van der Waals surface area contributed by atoms with Crippen LogP contribution in [0.3, 0.4) is 0 Å². The fraction of sp³-hybridized carbons (Fsp3) is 0.625. The summed E-state index contributed by atoms with van der Waals surface area (Å²) in [5.41, 5.74) is 0.830. The van der Waals surface area contributed by atoms with Gasteiger partial charge in [-0.25, -0.2) is 4.98 Å². The number of hydrogen-bond donors (Lipinski definition) is 1. The number of halogens is 1. The molecule has 23 heavy (non-hydrogen) atoms. The summed E-state index contributed by atoms with van der Waals surface area (Å²) in [4.78, 5) is 8.71. The van der Waals surface area contributed by atoms with Crippen LogP contribution in [0.1, 0.15) is 12.8 Å². The molecule has 2 aromatic heterocycles. The van der Waals surface area contributed by atoms with Crippen LogP contribution >= 0.6 is 11.6 Å². The fourth-order valence-corrected chi connectivity index (χ4v) is 3.30. The molecule has 0 aliphatic heterocycles. The van der Waals surface area contributed by atoms with E-state index in [0.29, 0.717) is 6.73 Å². The van der Waals surface area contributed by atoms with Crippen LogP contribution < -0.4 is 5.32 Å². The summed E-state index contributed by atoms with van der Waals surface area (Å²) in [5.74, 6) is 1.61. The number of nitrogens with zero attached hydrogens (tertiary/aromatic N) is 3. The van der Waals surface area contributed by atoms with Gasteiger partial charge in [0.1, 0.15) is 18.2 Å². The van der Waals surface area contributed by atoms with Gasteiger partial charge in [-0.2, -0.15) is 4.98 Å². The van der Waals surface area contributed by atoms with Gasteiger partial charge in [-0.15, -0.1) is 0 Å². The van der Waals surface area contributed by atoms with Gasteiger partial charge in [0, 0.05) is 27.4 Å². The predicted octanol–water partition coefficient (Wildman–Crippen LogP) is 4.22. The van der Waals surface area contributed by atoms with E-state index in [0.717, 1.165) is 42.0 Å². The molecule has 1 aliphatic rings. The van der Waals surface area contributed by atoms with Gasteiger partial charge < -0.3 is 14.6 Å². The van der Waals surface area contributed by atoms with Crippen molar-refractivity contribution in [3.63, 3.8) is 0 Å². The molecular formula is C16H25ClN4OSi. The van der Waals surface area contributed by atoms with E-state index in [1.54, 1.807) is 0 Å². The predicted molar refractivity (Wildman–Crippen MR) is 97.9 cm³/mol. The summed E-state index contributed by atoms with van der Waals surface area (Å²) in [6, 6.07) is 3.19. The Balaban J connectivity index is 1.68. The second-order valence-electron chi connectivity index (χ2n) is 7.54. The minimum atomic E-state index is -1.06. The van der Waals surface area contributed by atoms with Gasteiger partial charge in [-0.1, -0.05) is 19.6 Å². The Hall–Kier alpha value is -1.11. The maximum atomic E-state index is 6.09. The zero-order valence-electron chi connectivity index (χ0n) is 14.1. The molecule has 0 unspecified atom stereocenters. The van der Waals surface area contributed by atoms with Crippen LogP contribution in [0.4, 0.5) is 5.82 Å². The van der Waals surface area contributed by atoms with E-state index >= 15 is 0 Å². The highest BCUT2D eigenvalue weighted by atomic mass is 35.5. The Bertz CT molecular complexity index is 679. The topological polar surface area (TPSA) is 52.0 Å². The molecule has 0 atom stereocenters. The average molecular weight is 353 g/mol. The number of hydrogen-bond acceptors (Lipinski definition) is 4. The highest BCUT2D eigenvalue weighted by Crippen LogP contribution is 2.30. The molecule has 0 saturated heterocycles. The summed E-state index contributed by atoms with van der Waals surface area (Å²) >= 11 is 6.09. The van der Waals surface area contributed by atoms with E-state index in [2.05, 4.69) is 34.9 Å². The minimum absolute atomic E-state index is 0.276. The van der Waals surface area contributed by atoms with E-state index in [9.17, 15) is 0 Å². The van der Waals surface area contributed by atoms with Crippen molar-refractivity contribution in [3.8, 4) is 0 Å². The highest BCUT2D eigenvalue weighted by molar-refractivity contribution is 6.76. The van der Waals surface area contributed by atoms with Crippen LogP contribution in [-0.4, -0.2) is 35.8 Å². The Morgan fingerprint density at radius 1 is 1.35 bits per heavy atom. The molecule has 0 bridgehead atoms. The van der Waals surface area contributed by atoms with Gasteiger partial charge in [0.25, 0.3) is 0 Å². The number of fused-ring (bicyclic) bond motifs is 1. The molecule has 3 rings (SSSR count). The van der Waals surface area contributed by atoms with E-state index in [1.807, 2.05) is 16.8 Å². The monoisotopic (exact) mass is 352 g/mol. The molecule has 7 heteroatoms. The molecule has 2 aromatic rings. The standard InChI is InChI=1S/C16H25ClN4OSi/c1-23(2,3)9-8-22-11-21-7-6-13-14(18-10-12-4-5-12)19-16(17)20-15(13)21/h6-7,12H,4-5,8-11H2,1-3H3,(H,18,19,20). The smallest absolute Gasteiger partial charge is 0.226 e. The molecule has 1 aliphatic carbocycles. The number of anilines is 1. The Morgan fingerprint density at radius 3 is 2.83 bits per heavy atom. The van der Waals surface area contributed by atoms with Crippen molar-refractivity contribution >= 4 is 36.5 Å². The second kappa shape index (κ2) is 6.79. The number of aromatic nitrogens is 3. The van der Waals surface area contributed by atoms with Crippen molar-refractivity contribution in [2.75, 3.05) is 18.5 Å². The first kappa shape index (κ1) is 16.7. The number of nitrogens with one attached hydrogen (secondary N) is 1. The van der Waals surface area contributed by atoms with Crippen molar-refractivity contribution in [2.45, 2.75) is 45.3 Å². The average Bonchev–Trinajstić information content (AvgIpc) is 3.21. The largest absolute Gasteiger partial charge is 0.369 e. The van der Waals surface area contributed by atoms with Crippen LogP contribution in [0.5, 0.6) is 0 Å². The minimum Gasteiger partial charge on any atom is -0.369 e. The lowest BCUT2D eigenvalue weighted by molar-refractivity contribution is 0.0899. The molecule has 1 fully saturated rings. The van der Waals surface area contributed by atoms with E-state index in [4.69, 9.17) is 16.3 Å². The lowest BCUT2D eigenvalue weighted by Crippen LogP contribution is -2.22. The maximum Gasteiger partial charge on any atom is 0.226 e. The zero-order chi connectivity index (χ0) is 16.4. The molecule has 1 N–H and O–H groups in total. The lowest BCUT2D eigenvalue weighted by Gasteiger charge is -2.15. The van der Waals surface area contributed by atoms with Crippen molar-refractivity contribution < 1.29 is 4.74 Å². The Kier molecular flexibility index (Phi) is 4.94. The third kappa shape index (κ3) is 4.68. The van der Waals surface area contributed by atoms with Gasteiger partial charge in [0.05, 0.1) is 5.39 Å². The van der Waals surface area contributed by atoms with E-state index in [1.165, 1.54) is 12.8 Å². The van der Waals surface area contributed by atoms with Gasteiger partial charge in [0.15, 0.2) is 0 Å². The molecule has 1 saturated carbocycles. The van der Waals surface area contributed by atoms with E-state index in [-0.39, 0.29) is 5.28 Å². The maximum absolute atomic E-state index is 6.09. The molecule has 0 aromatic carbocycles. The molecule has 0 amide bonds. The Morgan fingerprint density at radius 2 is 2.13 bits per heavy atom. The number of ether oxygens (including phenoxy) is 1. The molecule has 126 valence electrons. The first-order valence-electron chi connectivity index (χ1n) is 8.26. The normalized spacial score (nSPS) is 15.3. The van der Waals surface area contributed by atoms with Gasteiger partial charge in [-0.05, 0) is 42.5 Å². The van der Waals surface area contributed by atoms with Gasteiger partial charge in [0.2, 0.25) is 5.28 Å². The molecule has 0 radical (unpaired) electrons. The fourth-order valence-electron chi connectivity index (χ4n) is 2.38. The van der Waals surface area contributed by atoms with Crippen LogP contribution in [0, 0.1) is 5.92 Å².